The van der Waals surface area contributed by atoms with Crippen LogP contribution in [0.4, 0.5) is 11.5 Å². The van der Waals surface area contributed by atoms with Gasteiger partial charge in [-0.05, 0) is 25.5 Å². The molecular formula is C24H25Cl2N5O4S. The Morgan fingerprint density at radius 1 is 1.14 bits per heavy atom. The molecule has 4 rings (SSSR count). The maximum absolute atomic E-state index is 12.5. The Bertz CT molecular complexity index is 1420. The summed E-state index contributed by atoms with van der Waals surface area (Å²) in [5.74, 6) is 1.05. The zero-order valence-electron chi connectivity index (χ0n) is 19.9. The second-order valence-electron chi connectivity index (χ2n) is 8.40. The van der Waals surface area contributed by atoms with Crippen LogP contribution in [0.3, 0.4) is 0 Å². The highest BCUT2D eigenvalue weighted by atomic mass is 35.5. The van der Waals surface area contributed by atoms with Gasteiger partial charge in [0.2, 0.25) is 0 Å². The Labute approximate surface area is 219 Å². The molecular weight excluding hydrogens is 525 g/mol. The van der Waals surface area contributed by atoms with Gasteiger partial charge in [-0.2, -0.15) is 0 Å². The molecule has 1 aliphatic heterocycles. The molecule has 0 amide bonds. The molecule has 1 fully saturated rings. The Morgan fingerprint density at radius 2 is 1.81 bits per heavy atom. The van der Waals surface area contributed by atoms with Gasteiger partial charge in [0.05, 0.1) is 22.9 Å². The fourth-order valence-corrected chi connectivity index (χ4v) is 5.40. The Balaban J connectivity index is 1.73. The lowest BCUT2D eigenvalue weighted by atomic mass is 10.0. The summed E-state index contributed by atoms with van der Waals surface area (Å²) >= 11 is 12.6. The highest BCUT2D eigenvalue weighted by Gasteiger charge is 2.26. The summed E-state index contributed by atoms with van der Waals surface area (Å²) in [6, 6.07) is 4.57. The van der Waals surface area contributed by atoms with E-state index in [2.05, 4.69) is 9.97 Å². The molecule has 3 N–H and O–H groups in total. The molecule has 1 aliphatic rings. The molecule has 0 bridgehead atoms. The minimum Gasteiger partial charge on any atom is -0.493 e. The van der Waals surface area contributed by atoms with E-state index in [1.165, 1.54) is 31.8 Å². The SMILES string of the molecule is COc1cc(N)c(C(=N)c2cnc(N3CCC3)c(S(C)(=O)=O)c2)cc1O[C@H](C)c1c(Cl)cncc1Cl. The van der Waals surface area contributed by atoms with Crippen LogP contribution >= 0.6 is 23.2 Å². The largest absolute Gasteiger partial charge is 0.493 e. The van der Waals surface area contributed by atoms with Crippen molar-refractivity contribution in [3.63, 3.8) is 0 Å². The number of pyridine rings is 2. The number of sulfone groups is 1. The van der Waals surface area contributed by atoms with Crippen molar-refractivity contribution < 1.29 is 17.9 Å². The maximum Gasteiger partial charge on any atom is 0.179 e. The Kier molecular flexibility index (Phi) is 7.31. The van der Waals surface area contributed by atoms with Gasteiger partial charge in [-0.1, -0.05) is 23.2 Å². The fourth-order valence-electron chi connectivity index (χ4n) is 3.87. The molecule has 1 aromatic carbocycles. The molecule has 1 saturated heterocycles. The van der Waals surface area contributed by atoms with Crippen molar-refractivity contribution in [3.05, 3.63) is 63.5 Å². The second-order valence-corrected chi connectivity index (χ2v) is 11.2. The standard InChI is InChI=1S/C24H25Cl2N5O4S/c1-13(22-16(25)11-29-12-17(22)26)35-20-8-15(18(27)9-19(20)34-2)23(28)14-7-21(36(3,32)33)24(30-10-14)31-5-4-6-31/h7-13,28H,4-6,27H2,1-3H3/t13-/m1/s1. The first-order valence-electron chi connectivity index (χ1n) is 11.0. The number of ether oxygens (including phenoxy) is 2. The van der Waals surface area contributed by atoms with Crippen LogP contribution in [-0.2, 0) is 9.84 Å². The molecule has 0 unspecified atom stereocenters. The number of nitrogens with zero attached hydrogens (tertiary/aromatic N) is 3. The highest BCUT2D eigenvalue weighted by molar-refractivity contribution is 7.90. The molecule has 1 atom stereocenters. The molecule has 2 aromatic heterocycles. The summed E-state index contributed by atoms with van der Waals surface area (Å²) < 4.78 is 36.6. The highest BCUT2D eigenvalue weighted by Crippen LogP contribution is 2.39. The van der Waals surface area contributed by atoms with E-state index < -0.39 is 15.9 Å². The van der Waals surface area contributed by atoms with Crippen molar-refractivity contribution in [2.45, 2.75) is 24.3 Å². The fraction of sp³-hybridized carbons (Fsp3) is 0.292. The van der Waals surface area contributed by atoms with Crippen LogP contribution in [0.2, 0.25) is 10.0 Å². The average Bonchev–Trinajstić information content (AvgIpc) is 2.77. The van der Waals surface area contributed by atoms with Crippen molar-refractivity contribution in [2.24, 2.45) is 0 Å². The van der Waals surface area contributed by atoms with Crippen molar-refractivity contribution in [1.82, 2.24) is 9.97 Å². The quantitative estimate of drug-likeness (QED) is 0.309. The predicted molar refractivity (Wildman–Crippen MR) is 141 cm³/mol. The van der Waals surface area contributed by atoms with Gasteiger partial charge in [0.1, 0.15) is 16.8 Å². The van der Waals surface area contributed by atoms with E-state index in [0.717, 1.165) is 25.8 Å². The smallest absolute Gasteiger partial charge is 0.179 e. The first-order chi connectivity index (χ1) is 17.0. The van der Waals surface area contributed by atoms with Gasteiger partial charge < -0.3 is 20.1 Å². The number of rotatable bonds is 8. The minimum atomic E-state index is -3.58. The van der Waals surface area contributed by atoms with Crippen LogP contribution in [0.15, 0.2) is 41.7 Å². The van der Waals surface area contributed by atoms with Crippen LogP contribution in [-0.4, -0.2) is 50.6 Å². The van der Waals surface area contributed by atoms with Crippen molar-refractivity contribution >= 4 is 50.3 Å². The van der Waals surface area contributed by atoms with E-state index in [1.54, 1.807) is 19.1 Å². The average molecular weight is 550 g/mol. The van der Waals surface area contributed by atoms with E-state index in [1.807, 2.05) is 4.90 Å². The normalized spacial score (nSPS) is 14.2. The topological polar surface area (TPSA) is 131 Å². The minimum absolute atomic E-state index is 0.0137. The number of methoxy groups -OCH3 is 1. The predicted octanol–water partition coefficient (Wildman–Crippen LogP) is 4.54. The van der Waals surface area contributed by atoms with Crippen molar-refractivity contribution in [2.75, 3.05) is 37.1 Å². The Hall–Kier alpha value is -3.08. The van der Waals surface area contributed by atoms with E-state index >= 15 is 0 Å². The number of nitrogen functional groups attached to an aromatic ring is 1. The van der Waals surface area contributed by atoms with Crippen molar-refractivity contribution in [1.29, 1.82) is 5.41 Å². The molecule has 36 heavy (non-hydrogen) atoms. The first-order valence-corrected chi connectivity index (χ1v) is 13.6. The number of halogens is 2. The lowest BCUT2D eigenvalue weighted by Gasteiger charge is -2.33. The number of hydrogen-bond donors (Lipinski definition) is 2. The van der Waals surface area contributed by atoms with Gasteiger partial charge in [-0.3, -0.25) is 10.4 Å². The second kappa shape index (κ2) is 10.1. The molecule has 12 heteroatoms. The maximum atomic E-state index is 12.5. The van der Waals surface area contributed by atoms with Gasteiger partial charge in [0, 0.05) is 66.4 Å². The van der Waals surface area contributed by atoms with Gasteiger partial charge >= 0.3 is 0 Å². The molecule has 9 nitrogen and oxygen atoms in total. The molecule has 0 spiro atoms. The lowest BCUT2D eigenvalue weighted by molar-refractivity contribution is 0.216. The van der Waals surface area contributed by atoms with Gasteiger partial charge in [0.25, 0.3) is 0 Å². The van der Waals surface area contributed by atoms with Crippen LogP contribution in [0.5, 0.6) is 11.5 Å². The van der Waals surface area contributed by atoms with E-state index in [-0.39, 0.29) is 16.3 Å². The summed E-state index contributed by atoms with van der Waals surface area (Å²) in [5, 5.41) is 9.51. The zero-order chi connectivity index (χ0) is 26.2. The van der Waals surface area contributed by atoms with Crippen LogP contribution in [0, 0.1) is 5.41 Å². The number of aromatic nitrogens is 2. The molecule has 0 radical (unpaired) electrons. The van der Waals surface area contributed by atoms with E-state index in [0.29, 0.717) is 44.1 Å². The molecule has 3 aromatic rings. The number of anilines is 2. The molecule has 0 aliphatic carbocycles. The van der Waals surface area contributed by atoms with Gasteiger partial charge in [-0.25, -0.2) is 13.4 Å². The van der Waals surface area contributed by atoms with Gasteiger partial charge in [0.15, 0.2) is 21.3 Å². The third-order valence-electron chi connectivity index (χ3n) is 5.88. The molecule has 0 saturated carbocycles. The van der Waals surface area contributed by atoms with E-state index in [9.17, 15) is 8.42 Å². The van der Waals surface area contributed by atoms with Crippen molar-refractivity contribution in [3.8, 4) is 11.5 Å². The number of nitrogens with two attached hydrogens (primary N) is 1. The third kappa shape index (κ3) is 5.07. The number of hydrogen-bond acceptors (Lipinski definition) is 9. The summed E-state index contributed by atoms with van der Waals surface area (Å²) in [4.78, 5) is 10.3. The van der Waals surface area contributed by atoms with Gasteiger partial charge in [-0.15, -0.1) is 0 Å². The summed E-state index contributed by atoms with van der Waals surface area (Å²) in [6.07, 6.45) is 5.95. The third-order valence-corrected chi connectivity index (χ3v) is 7.58. The summed E-state index contributed by atoms with van der Waals surface area (Å²) in [5.41, 5.74) is 7.67. The number of benzene rings is 1. The van der Waals surface area contributed by atoms with Crippen LogP contribution in [0.25, 0.3) is 0 Å². The molecule has 190 valence electrons. The summed E-state index contributed by atoms with van der Waals surface area (Å²) in [6.45, 7) is 3.25. The van der Waals surface area contributed by atoms with Crippen LogP contribution < -0.4 is 20.1 Å². The molecule has 3 heterocycles. The number of nitrogens with one attached hydrogen (secondary N) is 1. The lowest BCUT2D eigenvalue weighted by Crippen LogP contribution is -2.38. The summed E-state index contributed by atoms with van der Waals surface area (Å²) in [7, 11) is -2.11. The van der Waals surface area contributed by atoms with Crippen LogP contribution in [0.1, 0.15) is 36.1 Å². The monoisotopic (exact) mass is 549 g/mol. The first kappa shape index (κ1) is 26.0. The Morgan fingerprint density at radius 3 is 2.36 bits per heavy atom. The zero-order valence-corrected chi connectivity index (χ0v) is 22.2. The van der Waals surface area contributed by atoms with E-state index in [4.69, 9.17) is 43.8 Å².